The lowest BCUT2D eigenvalue weighted by Gasteiger charge is -2.27. The van der Waals surface area contributed by atoms with Crippen LogP contribution in [0.25, 0.3) is 72.0 Å². The molecule has 2 heterocycles. The van der Waals surface area contributed by atoms with E-state index in [4.69, 9.17) is 9.97 Å². The molecule has 0 radical (unpaired) electrons. The number of phenols is 1. The maximum atomic E-state index is 12.2. The Labute approximate surface area is 293 Å². The molecule has 1 N–H and O–H groups in total. The smallest absolute Gasteiger partial charge is 0.149 e. The van der Waals surface area contributed by atoms with E-state index in [-0.39, 0.29) is 16.6 Å². The lowest BCUT2D eigenvalue weighted by Crippen LogP contribution is -2.17. The van der Waals surface area contributed by atoms with Crippen LogP contribution in [0.3, 0.4) is 0 Å². The van der Waals surface area contributed by atoms with Gasteiger partial charge in [-0.05, 0) is 63.1 Å². The fourth-order valence-corrected chi connectivity index (χ4v) is 7.15. The molecule has 0 amide bonds. The normalized spacial score (nSPS) is 12.3. The number of rotatable bonds is 4. The zero-order valence-electron chi connectivity index (χ0n) is 29.5. The second-order valence-electron chi connectivity index (χ2n) is 15.3. The van der Waals surface area contributed by atoms with E-state index in [0.717, 1.165) is 77.3 Å². The largest absolute Gasteiger partial charge is 0.507 e. The summed E-state index contributed by atoms with van der Waals surface area (Å²) in [7, 11) is 0. The summed E-state index contributed by atoms with van der Waals surface area (Å²) < 4.78 is 2.24. The number of hydrogen-bond donors (Lipinski definition) is 1. The van der Waals surface area contributed by atoms with E-state index in [1.807, 2.05) is 6.20 Å². The average Bonchev–Trinajstić information content (AvgIpc) is 3.49. The highest BCUT2D eigenvalue weighted by Gasteiger charge is 2.29. The zero-order valence-corrected chi connectivity index (χ0v) is 29.5. The van der Waals surface area contributed by atoms with Crippen LogP contribution >= 0.6 is 0 Å². The molecule has 0 aliphatic rings. The Balaban J connectivity index is 1.44. The molecule has 0 aliphatic heterocycles. The fourth-order valence-electron chi connectivity index (χ4n) is 7.15. The second kappa shape index (κ2) is 11.7. The lowest BCUT2D eigenvalue weighted by molar-refractivity contribution is 0.446. The van der Waals surface area contributed by atoms with E-state index in [1.165, 1.54) is 0 Å². The van der Waals surface area contributed by atoms with Crippen LogP contribution in [-0.2, 0) is 10.8 Å². The minimum absolute atomic E-state index is 0.139. The van der Waals surface area contributed by atoms with Crippen molar-refractivity contribution in [2.75, 3.05) is 0 Å². The number of imidazole rings is 1. The first kappa shape index (κ1) is 31.5. The van der Waals surface area contributed by atoms with Crippen LogP contribution in [0.4, 0.5) is 0 Å². The Bertz CT molecular complexity index is 2570. The van der Waals surface area contributed by atoms with Crippen LogP contribution < -0.4 is 0 Å². The molecule has 0 fully saturated rings. The molecule has 0 saturated carbocycles. The predicted molar refractivity (Wildman–Crippen MR) is 209 cm³/mol. The van der Waals surface area contributed by atoms with E-state index in [0.29, 0.717) is 5.82 Å². The number of aromatic nitrogens is 3. The molecule has 0 spiro atoms. The maximum absolute atomic E-state index is 12.2. The third-order valence-corrected chi connectivity index (χ3v) is 9.84. The highest BCUT2D eigenvalue weighted by molar-refractivity contribution is 6.00. The fraction of sp³-hybridized carbons (Fsp3) is 0.174. The SMILES string of the molecule is CC(C)(C)c1cc(-c2nc3c(-c4cccc(-c5nccc6ccccc56)c4)cccc3n2-c2cccc3ccccc23)c(O)c(C(C)(C)C)c1. The molecule has 0 atom stereocenters. The van der Waals surface area contributed by atoms with E-state index in [1.54, 1.807) is 0 Å². The van der Waals surface area contributed by atoms with Crippen LogP contribution in [0.15, 0.2) is 134 Å². The molecule has 0 saturated heterocycles. The first-order valence-corrected chi connectivity index (χ1v) is 17.3. The number of pyridine rings is 1. The van der Waals surface area contributed by atoms with E-state index in [9.17, 15) is 5.11 Å². The van der Waals surface area contributed by atoms with Crippen molar-refractivity contribution in [2.45, 2.75) is 52.4 Å². The van der Waals surface area contributed by atoms with E-state index < -0.39 is 0 Å². The minimum Gasteiger partial charge on any atom is -0.507 e. The molecule has 4 nitrogen and oxygen atoms in total. The van der Waals surface area contributed by atoms with Crippen molar-refractivity contribution >= 4 is 32.6 Å². The third-order valence-electron chi connectivity index (χ3n) is 9.84. The Morgan fingerprint density at radius 3 is 2.00 bits per heavy atom. The summed E-state index contributed by atoms with van der Waals surface area (Å²) in [6.45, 7) is 13.1. The Morgan fingerprint density at radius 2 is 1.24 bits per heavy atom. The second-order valence-corrected chi connectivity index (χ2v) is 15.3. The van der Waals surface area contributed by atoms with E-state index >= 15 is 0 Å². The highest BCUT2D eigenvalue weighted by Crippen LogP contribution is 2.45. The summed E-state index contributed by atoms with van der Waals surface area (Å²) in [5, 5.41) is 16.7. The molecule has 6 aromatic carbocycles. The van der Waals surface area contributed by atoms with Crippen LogP contribution in [0.1, 0.15) is 52.7 Å². The standard InChI is InChI=1S/C46H41N3O/c1-45(2,3)33-27-37(43(50)38(28-33)46(4,5)6)44-48-42-36(21-13-23-40(42)49(44)39-22-12-16-29-14-7-9-19-34(29)39)31-17-11-18-32(26-31)41-35-20-10-8-15-30(35)24-25-47-41/h7-28,50H,1-6H3. The molecule has 2 aromatic heterocycles. The van der Waals surface area contributed by atoms with Gasteiger partial charge < -0.3 is 5.11 Å². The first-order chi connectivity index (χ1) is 24.0. The van der Waals surface area contributed by atoms with Crippen molar-refractivity contribution in [1.29, 1.82) is 0 Å². The molecule has 50 heavy (non-hydrogen) atoms. The molecular formula is C46H41N3O. The number of hydrogen-bond acceptors (Lipinski definition) is 3. The van der Waals surface area contributed by atoms with Crippen LogP contribution in [0.2, 0.25) is 0 Å². The van der Waals surface area contributed by atoms with Gasteiger partial charge in [0.2, 0.25) is 0 Å². The summed E-state index contributed by atoms with van der Waals surface area (Å²) in [4.78, 5) is 10.3. The highest BCUT2D eigenvalue weighted by atomic mass is 16.3. The van der Waals surface area contributed by atoms with Gasteiger partial charge >= 0.3 is 0 Å². The molecule has 8 aromatic rings. The molecular weight excluding hydrogens is 611 g/mol. The van der Waals surface area contributed by atoms with Crippen molar-refractivity contribution in [3.63, 3.8) is 0 Å². The molecule has 4 heteroatoms. The summed E-state index contributed by atoms with van der Waals surface area (Å²) in [5.74, 6) is 0.984. The Hall–Kier alpha value is -5.74. The van der Waals surface area contributed by atoms with Gasteiger partial charge in [0.05, 0.1) is 28.0 Å². The van der Waals surface area contributed by atoms with Gasteiger partial charge in [-0.2, -0.15) is 0 Å². The Kier molecular flexibility index (Phi) is 7.38. The molecule has 0 bridgehead atoms. The average molecular weight is 652 g/mol. The summed E-state index contributed by atoms with van der Waals surface area (Å²) in [5.41, 5.74) is 9.32. The number of phenolic OH excluding ortho intramolecular Hbond substituents is 1. The minimum atomic E-state index is -0.280. The van der Waals surface area contributed by atoms with Crippen molar-refractivity contribution in [3.05, 3.63) is 145 Å². The maximum Gasteiger partial charge on any atom is 0.149 e. The number of benzene rings is 6. The zero-order chi connectivity index (χ0) is 34.8. The van der Waals surface area contributed by atoms with Gasteiger partial charge in [-0.1, -0.05) is 139 Å². The number of nitrogens with zero attached hydrogens (tertiary/aromatic N) is 3. The van der Waals surface area contributed by atoms with Crippen molar-refractivity contribution in [3.8, 4) is 45.2 Å². The van der Waals surface area contributed by atoms with Crippen LogP contribution in [0.5, 0.6) is 5.75 Å². The van der Waals surface area contributed by atoms with Gasteiger partial charge in [-0.15, -0.1) is 0 Å². The molecule has 0 aliphatic carbocycles. The first-order valence-electron chi connectivity index (χ1n) is 17.3. The molecule has 8 rings (SSSR count). The van der Waals surface area contributed by atoms with Gasteiger partial charge in [0.15, 0.2) is 0 Å². The van der Waals surface area contributed by atoms with Crippen molar-refractivity contribution in [1.82, 2.24) is 14.5 Å². The lowest BCUT2D eigenvalue weighted by atomic mass is 9.79. The predicted octanol–water partition coefficient (Wildman–Crippen LogP) is 12.0. The summed E-state index contributed by atoms with van der Waals surface area (Å²) in [6.07, 6.45) is 1.88. The number of para-hydroxylation sites is 1. The van der Waals surface area contributed by atoms with E-state index in [2.05, 4.69) is 174 Å². The van der Waals surface area contributed by atoms with Crippen molar-refractivity contribution < 1.29 is 5.11 Å². The monoisotopic (exact) mass is 651 g/mol. The Morgan fingerprint density at radius 1 is 0.580 bits per heavy atom. The van der Waals surface area contributed by atoms with Crippen molar-refractivity contribution in [2.24, 2.45) is 0 Å². The van der Waals surface area contributed by atoms with Gasteiger partial charge in [0.1, 0.15) is 11.6 Å². The van der Waals surface area contributed by atoms with Gasteiger partial charge in [-0.3, -0.25) is 9.55 Å². The number of fused-ring (bicyclic) bond motifs is 3. The van der Waals surface area contributed by atoms with Gasteiger partial charge in [0.25, 0.3) is 0 Å². The summed E-state index contributed by atoms with van der Waals surface area (Å²) >= 11 is 0. The van der Waals surface area contributed by atoms with Crippen LogP contribution in [-0.4, -0.2) is 19.6 Å². The molecule has 246 valence electrons. The quantitative estimate of drug-likeness (QED) is 0.206. The van der Waals surface area contributed by atoms with Gasteiger partial charge in [0, 0.05) is 33.7 Å². The van der Waals surface area contributed by atoms with Gasteiger partial charge in [-0.25, -0.2) is 4.98 Å². The number of aromatic hydroxyl groups is 1. The van der Waals surface area contributed by atoms with Crippen LogP contribution in [0, 0.1) is 0 Å². The molecule has 0 unspecified atom stereocenters. The summed E-state index contributed by atoms with van der Waals surface area (Å²) in [6, 6.07) is 44.6. The third kappa shape index (κ3) is 5.32. The topological polar surface area (TPSA) is 50.9 Å².